The Kier molecular flexibility index (Phi) is 6.83. The number of amides is 1. The standard InChI is InChI=1S/C14H21BrN2O3S/c1-4-11(2)17(12(3)18)10-9-16-21(19,20)14-7-5-13(15)6-8-14/h5-8,11,16H,4,9-10H2,1-3H3. The summed E-state index contributed by atoms with van der Waals surface area (Å²) in [5, 5.41) is 0. The summed E-state index contributed by atoms with van der Waals surface area (Å²) in [6, 6.07) is 6.51. The maximum absolute atomic E-state index is 12.1. The van der Waals surface area contributed by atoms with Crippen molar-refractivity contribution < 1.29 is 13.2 Å². The molecule has 1 aromatic carbocycles. The van der Waals surface area contributed by atoms with Crippen LogP contribution < -0.4 is 4.72 Å². The molecular formula is C14H21BrN2O3S. The molecular weight excluding hydrogens is 356 g/mol. The maximum atomic E-state index is 12.1. The van der Waals surface area contributed by atoms with E-state index >= 15 is 0 Å². The summed E-state index contributed by atoms with van der Waals surface area (Å²) in [7, 11) is -3.54. The first-order valence-electron chi connectivity index (χ1n) is 6.80. The highest BCUT2D eigenvalue weighted by molar-refractivity contribution is 9.10. The molecule has 1 unspecified atom stereocenters. The number of nitrogens with zero attached hydrogens (tertiary/aromatic N) is 1. The lowest BCUT2D eigenvalue weighted by atomic mass is 10.2. The Morgan fingerprint density at radius 2 is 1.90 bits per heavy atom. The minimum Gasteiger partial charge on any atom is -0.339 e. The van der Waals surface area contributed by atoms with Crippen LogP contribution >= 0.6 is 15.9 Å². The Morgan fingerprint density at radius 3 is 2.38 bits per heavy atom. The summed E-state index contributed by atoms with van der Waals surface area (Å²) in [5.41, 5.74) is 0. The van der Waals surface area contributed by atoms with Gasteiger partial charge in [-0.1, -0.05) is 22.9 Å². The molecule has 0 aromatic heterocycles. The number of sulfonamides is 1. The van der Waals surface area contributed by atoms with Crippen LogP contribution in [0.15, 0.2) is 33.6 Å². The second-order valence-electron chi connectivity index (χ2n) is 4.82. The van der Waals surface area contributed by atoms with E-state index in [-0.39, 0.29) is 23.4 Å². The highest BCUT2D eigenvalue weighted by Gasteiger charge is 2.17. The molecule has 5 nitrogen and oxygen atoms in total. The molecule has 1 rings (SSSR count). The molecule has 0 saturated heterocycles. The van der Waals surface area contributed by atoms with Crippen LogP contribution in [0.4, 0.5) is 0 Å². The van der Waals surface area contributed by atoms with Gasteiger partial charge in [-0.25, -0.2) is 13.1 Å². The van der Waals surface area contributed by atoms with Gasteiger partial charge < -0.3 is 4.90 Å². The molecule has 7 heteroatoms. The van der Waals surface area contributed by atoms with Crippen LogP contribution in [0.5, 0.6) is 0 Å². The quantitative estimate of drug-likeness (QED) is 0.794. The van der Waals surface area contributed by atoms with Gasteiger partial charge in [-0.05, 0) is 37.6 Å². The molecule has 0 aliphatic heterocycles. The Morgan fingerprint density at radius 1 is 1.33 bits per heavy atom. The van der Waals surface area contributed by atoms with Gasteiger partial charge in [0.25, 0.3) is 0 Å². The van der Waals surface area contributed by atoms with Gasteiger partial charge in [0.05, 0.1) is 4.90 Å². The zero-order valence-electron chi connectivity index (χ0n) is 12.5. The largest absolute Gasteiger partial charge is 0.339 e. The van der Waals surface area contributed by atoms with Gasteiger partial charge in [0.15, 0.2) is 0 Å². The average Bonchev–Trinajstić information content (AvgIpc) is 2.43. The Balaban J connectivity index is 2.65. The van der Waals surface area contributed by atoms with E-state index in [0.717, 1.165) is 10.9 Å². The van der Waals surface area contributed by atoms with Crippen LogP contribution in [0.25, 0.3) is 0 Å². The number of benzene rings is 1. The van der Waals surface area contributed by atoms with Gasteiger partial charge >= 0.3 is 0 Å². The van der Waals surface area contributed by atoms with Gasteiger partial charge in [-0.15, -0.1) is 0 Å². The van der Waals surface area contributed by atoms with Crippen molar-refractivity contribution in [1.82, 2.24) is 9.62 Å². The summed E-state index contributed by atoms with van der Waals surface area (Å²) in [4.78, 5) is 13.4. The lowest BCUT2D eigenvalue weighted by Crippen LogP contribution is -2.42. The van der Waals surface area contributed by atoms with Crippen LogP contribution in [-0.2, 0) is 14.8 Å². The van der Waals surface area contributed by atoms with E-state index in [1.807, 2.05) is 13.8 Å². The minimum absolute atomic E-state index is 0.0489. The highest BCUT2D eigenvalue weighted by atomic mass is 79.9. The van der Waals surface area contributed by atoms with Crippen molar-refractivity contribution in [2.24, 2.45) is 0 Å². The SMILES string of the molecule is CCC(C)N(CCNS(=O)(=O)c1ccc(Br)cc1)C(C)=O. The van der Waals surface area contributed by atoms with Crippen LogP contribution in [0.1, 0.15) is 27.2 Å². The summed E-state index contributed by atoms with van der Waals surface area (Å²) >= 11 is 3.26. The monoisotopic (exact) mass is 376 g/mol. The summed E-state index contributed by atoms with van der Waals surface area (Å²) in [6.45, 7) is 6.00. The van der Waals surface area contributed by atoms with E-state index in [1.165, 1.54) is 19.1 Å². The average molecular weight is 377 g/mol. The summed E-state index contributed by atoms with van der Waals surface area (Å²) in [5.74, 6) is -0.0489. The molecule has 1 atom stereocenters. The second-order valence-corrected chi connectivity index (χ2v) is 7.50. The van der Waals surface area contributed by atoms with Gasteiger partial charge in [-0.2, -0.15) is 0 Å². The smallest absolute Gasteiger partial charge is 0.240 e. The number of nitrogens with one attached hydrogen (secondary N) is 1. The molecule has 0 saturated carbocycles. The Bertz CT molecular complexity index is 572. The fourth-order valence-corrected chi connectivity index (χ4v) is 3.19. The highest BCUT2D eigenvalue weighted by Crippen LogP contribution is 2.14. The molecule has 118 valence electrons. The number of carbonyl (C=O) groups is 1. The fourth-order valence-electron chi connectivity index (χ4n) is 1.91. The number of rotatable bonds is 7. The maximum Gasteiger partial charge on any atom is 0.240 e. The molecule has 0 spiro atoms. The van der Waals surface area contributed by atoms with Crippen molar-refractivity contribution in [1.29, 1.82) is 0 Å². The zero-order chi connectivity index (χ0) is 16.0. The van der Waals surface area contributed by atoms with Gasteiger partial charge in [-0.3, -0.25) is 4.79 Å². The summed E-state index contributed by atoms with van der Waals surface area (Å²) < 4.78 is 27.6. The fraction of sp³-hybridized carbons (Fsp3) is 0.500. The van der Waals surface area contributed by atoms with E-state index < -0.39 is 10.0 Å². The van der Waals surface area contributed by atoms with Crippen LogP contribution in [0.3, 0.4) is 0 Å². The lowest BCUT2D eigenvalue weighted by Gasteiger charge is -2.27. The molecule has 0 aliphatic carbocycles. The van der Waals surface area contributed by atoms with Crippen molar-refractivity contribution in [2.45, 2.75) is 38.1 Å². The normalized spacial score (nSPS) is 13.0. The third-order valence-corrected chi connectivity index (χ3v) is 5.30. The Hall–Kier alpha value is -0.920. The lowest BCUT2D eigenvalue weighted by molar-refractivity contribution is -0.130. The van der Waals surface area contributed by atoms with E-state index in [4.69, 9.17) is 0 Å². The molecule has 1 N–H and O–H groups in total. The number of hydrogen-bond donors (Lipinski definition) is 1. The van der Waals surface area contributed by atoms with Crippen molar-refractivity contribution >= 4 is 31.9 Å². The molecule has 0 fully saturated rings. The van der Waals surface area contributed by atoms with Crippen molar-refractivity contribution in [3.05, 3.63) is 28.7 Å². The predicted molar refractivity (Wildman–Crippen MR) is 86.5 cm³/mol. The minimum atomic E-state index is -3.54. The molecule has 0 radical (unpaired) electrons. The van der Waals surface area contributed by atoms with E-state index in [9.17, 15) is 13.2 Å². The van der Waals surface area contributed by atoms with Gasteiger partial charge in [0, 0.05) is 30.5 Å². The third-order valence-electron chi connectivity index (χ3n) is 3.30. The van der Waals surface area contributed by atoms with Crippen LogP contribution in [0.2, 0.25) is 0 Å². The van der Waals surface area contributed by atoms with Crippen LogP contribution in [0, 0.1) is 0 Å². The first kappa shape index (κ1) is 18.1. The molecule has 21 heavy (non-hydrogen) atoms. The number of carbonyl (C=O) groups excluding carboxylic acids is 1. The molecule has 0 bridgehead atoms. The molecule has 1 amide bonds. The summed E-state index contributed by atoms with van der Waals surface area (Å²) in [6.07, 6.45) is 0.832. The van der Waals surface area contributed by atoms with Crippen LogP contribution in [-0.4, -0.2) is 38.4 Å². The first-order valence-corrected chi connectivity index (χ1v) is 9.08. The zero-order valence-corrected chi connectivity index (χ0v) is 14.9. The van der Waals surface area contributed by atoms with Gasteiger partial charge in [0.2, 0.25) is 15.9 Å². The van der Waals surface area contributed by atoms with Crippen molar-refractivity contribution in [2.75, 3.05) is 13.1 Å². The molecule has 1 aromatic rings. The Labute approximate surface area is 134 Å². The molecule has 0 heterocycles. The number of hydrogen-bond acceptors (Lipinski definition) is 3. The number of halogens is 1. The topological polar surface area (TPSA) is 66.5 Å². The second kappa shape index (κ2) is 7.91. The van der Waals surface area contributed by atoms with Crippen molar-refractivity contribution in [3.8, 4) is 0 Å². The third kappa shape index (κ3) is 5.41. The van der Waals surface area contributed by atoms with E-state index in [1.54, 1.807) is 17.0 Å². The van der Waals surface area contributed by atoms with E-state index in [2.05, 4.69) is 20.7 Å². The van der Waals surface area contributed by atoms with E-state index in [0.29, 0.717) is 6.54 Å². The van der Waals surface area contributed by atoms with Gasteiger partial charge in [0.1, 0.15) is 0 Å². The first-order chi connectivity index (χ1) is 9.77. The van der Waals surface area contributed by atoms with Crippen molar-refractivity contribution in [3.63, 3.8) is 0 Å². The molecule has 0 aliphatic rings. The predicted octanol–water partition coefficient (Wildman–Crippen LogP) is 2.37.